The molecule has 128 valence electrons. The van der Waals surface area contributed by atoms with Crippen molar-refractivity contribution in [3.05, 3.63) is 71.8 Å². The number of tetrazole rings is 1. The minimum absolute atomic E-state index is 0.0456. The van der Waals surface area contributed by atoms with Crippen LogP contribution >= 0.6 is 0 Å². The Morgan fingerprint density at radius 1 is 1.08 bits per heavy atom. The maximum Gasteiger partial charge on any atom is 0.245 e. The molecule has 0 atom stereocenters. The van der Waals surface area contributed by atoms with Gasteiger partial charge in [-0.1, -0.05) is 37.3 Å². The highest BCUT2D eigenvalue weighted by Gasteiger charge is 2.16. The molecule has 2 heterocycles. The number of aryl methyl sites for hydroxylation is 1. The van der Waals surface area contributed by atoms with Crippen LogP contribution in [-0.2, 0) is 30.8 Å². The highest BCUT2D eigenvalue weighted by atomic mass is 16.2. The molecule has 3 rings (SSSR count). The van der Waals surface area contributed by atoms with Crippen molar-refractivity contribution in [3.8, 4) is 0 Å². The van der Waals surface area contributed by atoms with Crippen LogP contribution in [0.3, 0.4) is 0 Å². The maximum absolute atomic E-state index is 12.7. The molecule has 1 aromatic carbocycles. The summed E-state index contributed by atoms with van der Waals surface area (Å²) in [5.74, 6) is -0.0456. The lowest BCUT2D eigenvalue weighted by Crippen LogP contribution is -2.33. The third-order valence-electron chi connectivity index (χ3n) is 3.94. The lowest BCUT2D eigenvalue weighted by molar-refractivity contribution is -0.133. The van der Waals surface area contributed by atoms with Gasteiger partial charge in [-0.3, -0.25) is 9.78 Å². The Kier molecular flexibility index (Phi) is 5.46. The van der Waals surface area contributed by atoms with E-state index in [0.29, 0.717) is 13.1 Å². The largest absolute Gasteiger partial charge is 0.332 e. The zero-order chi connectivity index (χ0) is 17.5. The molecule has 1 amide bonds. The molecule has 0 bridgehead atoms. The predicted molar refractivity (Wildman–Crippen MR) is 92.1 cm³/mol. The SMILES string of the molecule is CCc1ccc(CN(Cc2cccnc2)C(=O)Cn2cnnn2)cc1. The Bertz CT molecular complexity index is 786. The van der Waals surface area contributed by atoms with Crippen molar-refractivity contribution >= 4 is 5.91 Å². The van der Waals surface area contributed by atoms with Crippen molar-refractivity contribution in [2.45, 2.75) is 33.0 Å². The molecule has 0 aliphatic carbocycles. The van der Waals surface area contributed by atoms with Gasteiger partial charge in [0.25, 0.3) is 0 Å². The van der Waals surface area contributed by atoms with Crippen LogP contribution in [0.15, 0.2) is 55.1 Å². The lowest BCUT2D eigenvalue weighted by atomic mass is 10.1. The minimum Gasteiger partial charge on any atom is -0.332 e. The average Bonchev–Trinajstić information content (AvgIpc) is 3.15. The second-order valence-electron chi connectivity index (χ2n) is 5.79. The number of pyridine rings is 1. The summed E-state index contributed by atoms with van der Waals surface area (Å²) in [6, 6.07) is 12.2. The van der Waals surface area contributed by atoms with Gasteiger partial charge < -0.3 is 4.90 Å². The Labute approximate surface area is 146 Å². The van der Waals surface area contributed by atoms with Gasteiger partial charge >= 0.3 is 0 Å². The summed E-state index contributed by atoms with van der Waals surface area (Å²) < 4.78 is 1.43. The molecule has 0 saturated carbocycles. The molecule has 0 aliphatic heterocycles. The molecule has 2 aromatic heterocycles. The van der Waals surface area contributed by atoms with Crippen LogP contribution in [-0.4, -0.2) is 36.0 Å². The molecule has 0 saturated heterocycles. The molecule has 25 heavy (non-hydrogen) atoms. The highest BCUT2D eigenvalue weighted by molar-refractivity contribution is 5.75. The molecule has 0 unspecified atom stereocenters. The van der Waals surface area contributed by atoms with E-state index in [9.17, 15) is 4.79 Å². The van der Waals surface area contributed by atoms with Gasteiger partial charge in [0, 0.05) is 25.5 Å². The summed E-state index contributed by atoms with van der Waals surface area (Å²) in [6.45, 7) is 3.25. The molecule has 7 nitrogen and oxygen atoms in total. The Balaban J connectivity index is 1.76. The Morgan fingerprint density at radius 2 is 1.84 bits per heavy atom. The quantitative estimate of drug-likeness (QED) is 0.658. The third kappa shape index (κ3) is 4.69. The standard InChI is InChI=1S/C18H20N6O/c1-2-15-5-7-16(8-6-15)11-23(12-17-4-3-9-19-10-17)18(25)13-24-14-20-21-22-24/h3-10,14H,2,11-13H2,1H3. The van der Waals surface area contributed by atoms with Gasteiger partial charge in [0.15, 0.2) is 0 Å². The second kappa shape index (κ2) is 8.14. The highest BCUT2D eigenvalue weighted by Crippen LogP contribution is 2.12. The zero-order valence-corrected chi connectivity index (χ0v) is 14.1. The van der Waals surface area contributed by atoms with Crippen molar-refractivity contribution in [1.82, 2.24) is 30.1 Å². The number of amides is 1. The molecule has 0 N–H and O–H groups in total. The number of carbonyl (C=O) groups excluding carboxylic acids is 1. The first-order valence-corrected chi connectivity index (χ1v) is 8.20. The number of carbonyl (C=O) groups is 1. The van der Waals surface area contributed by atoms with Crippen molar-refractivity contribution in [3.63, 3.8) is 0 Å². The van der Waals surface area contributed by atoms with Crippen LogP contribution in [0.1, 0.15) is 23.6 Å². The van der Waals surface area contributed by atoms with Gasteiger partial charge in [-0.15, -0.1) is 5.10 Å². The number of aromatic nitrogens is 5. The first-order chi connectivity index (χ1) is 12.2. The third-order valence-corrected chi connectivity index (χ3v) is 3.94. The van der Waals surface area contributed by atoms with E-state index in [4.69, 9.17) is 0 Å². The minimum atomic E-state index is -0.0456. The van der Waals surface area contributed by atoms with E-state index in [1.165, 1.54) is 16.6 Å². The van der Waals surface area contributed by atoms with Crippen LogP contribution in [0.4, 0.5) is 0 Å². The average molecular weight is 336 g/mol. The van der Waals surface area contributed by atoms with Crippen molar-refractivity contribution < 1.29 is 4.79 Å². The Hall–Kier alpha value is -3.09. The fourth-order valence-electron chi connectivity index (χ4n) is 2.54. The Morgan fingerprint density at radius 3 is 2.48 bits per heavy atom. The summed E-state index contributed by atoms with van der Waals surface area (Å²) in [5.41, 5.74) is 3.35. The molecular weight excluding hydrogens is 316 g/mol. The molecule has 0 radical (unpaired) electrons. The number of hydrogen-bond donors (Lipinski definition) is 0. The molecule has 0 aliphatic rings. The summed E-state index contributed by atoms with van der Waals surface area (Å²) in [4.78, 5) is 18.6. The number of nitrogens with zero attached hydrogens (tertiary/aromatic N) is 6. The molecule has 7 heteroatoms. The monoisotopic (exact) mass is 336 g/mol. The van der Waals surface area contributed by atoms with Gasteiger partial charge in [-0.2, -0.15) is 0 Å². The van der Waals surface area contributed by atoms with Crippen LogP contribution < -0.4 is 0 Å². The van der Waals surface area contributed by atoms with E-state index in [1.807, 2.05) is 12.1 Å². The van der Waals surface area contributed by atoms with Crippen LogP contribution in [0.2, 0.25) is 0 Å². The zero-order valence-electron chi connectivity index (χ0n) is 14.1. The molecule has 0 fully saturated rings. The normalized spacial score (nSPS) is 10.6. The first kappa shape index (κ1) is 16.8. The molecular formula is C18H20N6O. The lowest BCUT2D eigenvalue weighted by Gasteiger charge is -2.23. The number of hydrogen-bond acceptors (Lipinski definition) is 5. The van der Waals surface area contributed by atoms with Gasteiger partial charge in [0.1, 0.15) is 12.9 Å². The molecule has 0 spiro atoms. The van der Waals surface area contributed by atoms with E-state index in [1.54, 1.807) is 17.3 Å². The van der Waals surface area contributed by atoms with Crippen molar-refractivity contribution in [1.29, 1.82) is 0 Å². The van der Waals surface area contributed by atoms with E-state index >= 15 is 0 Å². The van der Waals surface area contributed by atoms with Gasteiger partial charge in [-0.05, 0) is 39.6 Å². The van der Waals surface area contributed by atoms with Crippen LogP contribution in [0.5, 0.6) is 0 Å². The summed E-state index contributed by atoms with van der Waals surface area (Å²) in [7, 11) is 0. The maximum atomic E-state index is 12.7. The number of benzene rings is 1. The van der Waals surface area contributed by atoms with Gasteiger partial charge in [0.05, 0.1) is 0 Å². The smallest absolute Gasteiger partial charge is 0.245 e. The van der Waals surface area contributed by atoms with E-state index in [-0.39, 0.29) is 12.5 Å². The predicted octanol–water partition coefficient (Wildman–Crippen LogP) is 1.86. The van der Waals surface area contributed by atoms with E-state index in [0.717, 1.165) is 17.5 Å². The van der Waals surface area contributed by atoms with E-state index < -0.39 is 0 Å². The molecule has 3 aromatic rings. The van der Waals surface area contributed by atoms with E-state index in [2.05, 4.69) is 51.7 Å². The van der Waals surface area contributed by atoms with Gasteiger partial charge in [0.2, 0.25) is 5.91 Å². The number of rotatable bonds is 7. The fourth-order valence-corrected chi connectivity index (χ4v) is 2.54. The topological polar surface area (TPSA) is 76.8 Å². The van der Waals surface area contributed by atoms with Crippen molar-refractivity contribution in [2.24, 2.45) is 0 Å². The first-order valence-electron chi connectivity index (χ1n) is 8.20. The summed E-state index contributed by atoms with van der Waals surface area (Å²) in [5, 5.41) is 10.9. The fraction of sp³-hybridized carbons (Fsp3) is 0.278. The van der Waals surface area contributed by atoms with Crippen LogP contribution in [0.25, 0.3) is 0 Å². The summed E-state index contributed by atoms with van der Waals surface area (Å²) in [6.07, 6.45) is 5.94. The van der Waals surface area contributed by atoms with Gasteiger partial charge in [-0.25, -0.2) is 4.68 Å². The summed E-state index contributed by atoms with van der Waals surface area (Å²) >= 11 is 0. The van der Waals surface area contributed by atoms with Crippen LogP contribution in [0, 0.1) is 0 Å². The second-order valence-corrected chi connectivity index (χ2v) is 5.79. The van der Waals surface area contributed by atoms with Crippen molar-refractivity contribution in [2.75, 3.05) is 0 Å².